The Hall–Kier alpha value is -2.35. The van der Waals surface area contributed by atoms with Crippen molar-refractivity contribution < 1.29 is 9.90 Å². The Kier molecular flexibility index (Phi) is 5.77. The number of aryl methyl sites for hydroxylation is 2. The third-order valence-electron chi connectivity index (χ3n) is 3.34. The standard InChI is InChI=1S/C19H20O2/c20-18(13-10-16-6-2-1-3-7-16)9-5-4-8-17-11-14-19(21)15-12-17/h1-3,5-7,9,11-12,14-15,21H,4,8,10,13H2. The number of ketones is 1. The molecule has 1 N–H and O–H groups in total. The van der Waals surface area contributed by atoms with Gasteiger partial charge in [-0.05, 0) is 48.6 Å². The lowest BCUT2D eigenvalue weighted by atomic mass is 10.1. The zero-order valence-electron chi connectivity index (χ0n) is 12.0. The van der Waals surface area contributed by atoms with Crippen LogP contribution in [0.25, 0.3) is 0 Å². The van der Waals surface area contributed by atoms with Crippen LogP contribution in [0.5, 0.6) is 5.75 Å². The molecule has 0 saturated heterocycles. The fraction of sp³-hybridized carbons (Fsp3) is 0.211. The Morgan fingerprint density at radius 1 is 0.905 bits per heavy atom. The fourth-order valence-electron chi connectivity index (χ4n) is 2.12. The Morgan fingerprint density at radius 2 is 1.57 bits per heavy atom. The Labute approximate surface area is 125 Å². The number of phenols is 1. The van der Waals surface area contributed by atoms with Crippen molar-refractivity contribution >= 4 is 5.78 Å². The van der Waals surface area contributed by atoms with E-state index in [9.17, 15) is 9.90 Å². The van der Waals surface area contributed by atoms with Gasteiger partial charge in [0.1, 0.15) is 5.75 Å². The summed E-state index contributed by atoms with van der Waals surface area (Å²) in [7, 11) is 0. The van der Waals surface area contributed by atoms with Crippen molar-refractivity contribution in [2.24, 2.45) is 0 Å². The van der Waals surface area contributed by atoms with Crippen LogP contribution in [0.1, 0.15) is 24.0 Å². The molecule has 2 aromatic rings. The highest BCUT2D eigenvalue weighted by atomic mass is 16.3. The minimum atomic E-state index is 0.171. The molecule has 0 heterocycles. The third-order valence-corrected chi connectivity index (χ3v) is 3.34. The first-order valence-electron chi connectivity index (χ1n) is 7.25. The molecule has 0 aromatic heterocycles. The van der Waals surface area contributed by atoms with E-state index < -0.39 is 0 Å². The summed E-state index contributed by atoms with van der Waals surface area (Å²) in [5, 5.41) is 9.20. The quantitative estimate of drug-likeness (QED) is 0.776. The van der Waals surface area contributed by atoms with Crippen molar-refractivity contribution in [1.29, 1.82) is 0 Å². The molecule has 2 aromatic carbocycles. The van der Waals surface area contributed by atoms with Crippen molar-refractivity contribution in [3.05, 3.63) is 77.9 Å². The van der Waals surface area contributed by atoms with E-state index in [-0.39, 0.29) is 11.5 Å². The number of hydrogen-bond donors (Lipinski definition) is 1. The maximum atomic E-state index is 11.8. The summed E-state index contributed by atoms with van der Waals surface area (Å²) in [5.74, 6) is 0.454. The van der Waals surface area contributed by atoms with Gasteiger partial charge in [-0.2, -0.15) is 0 Å². The van der Waals surface area contributed by atoms with Crippen molar-refractivity contribution in [3.63, 3.8) is 0 Å². The topological polar surface area (TPSA) is 37.3 Å². The van der Waals surface area contributed by atoms with Gasteiger partial charge in [0.2, 0.25) is 0 Å². The van der Waals surface area contributed by atoms with Crippen LogP contribution >= 0.6 is 0 Å². The molecule has 0 saturated carbocycles. The van der Waals surface area contributed by atoms with Crippen molar-refractivity contribution in [3.8, 4) is 5.75 Å². The van der Waals surface area contributed by atoms with Gasteiger partial charge in [-0.3, -0.25) is 4.79 Å². The van der Waals surface area contributed by atoms with Crippen LogP contribution in [0.2, 0.25) is 0 Å². The Balaban J connectivity index is 1.69. The first kappa shape index (κ1) is 15.0. The lowest BCUT2D eigenvalue weighted by Crippen LogP contribution is -1.96. The van der Waals surface area contributed by atoms with Gasteiger partial charge in [0.25, 0.3) is 0 Å². The number of carbonyl (C=O) groups excluding carboxylic acids is 1. The molecule has 0 unspecified atom stereocenters. The number of carbonyl (C=O) groups is 1. The molecule has 0 atom stereocenters. The van der Waals surface area contributed by atoms with E-state index >= 15 is 0 Å². The van der Waals surface area contributed by atoms with Crippen LogP contribution in [0.4, 0.5) is 0 Å². The van der Waals surface area contributed by atoms with Crippen molar-refractivity contribution in [1.82, 2.24) is 0 Å². The van der Waals surface area contributed by atoms with Crippen LogP contribution in [0, 0.1) is 0 Å². The van der Waals surface area contributed by atoms with Gasteiger partial charge in [0.15, 0.2) is 5.78 Å². The van der Waals surface area contributed by atoms with Gasteiger partial charge in [-0.15, -0.1) is 0 Å². The minimum absolute atomic E-state index is 0.171. The summed E-state index contributed by atoms with van der Waals surface area (Å²) in [6.07, 6.45) is 6.68. The summed E-state index contributed by atoms with van der Waals surface area (Å²) in [4.78, 5) is 11.8. The van der Waals surface area contributed by atoms with Crippen molar-refractivity contribution in [2.45, 2.75) is 25.7 Å². The van der Waals surface area contributed by atoms with Gasteiger partial charge < -0.3 is 5.11 Å². The summed E-state index contributed by atoms with van der Waals surface area (Å²) in [5.41, 5.74) is 2.36. The SMILES string of the molecule is O=C(C=CCCc1ccc(O)cc1)CCc1ccccc1. The predicted octanol–water partition coefficient (Wildman–Crippen LogP) is 4.08. The fourth-order valence-corrected chi connectivity index (χ4v) is 2.12. The maximum absolute atomic E-state index is 11.8. The summed E-state index contributed by atoms with van der Waals surface area (Å²) < 4.78 is 0. The summed E-state index contributed by atoms with van der Waals surface area (Å²) in [6.45, 7) is 0. The van der Waals surface area contributed by atoms with Crippen LogP contribution < -0.4 is 0 Å². The summed E-state index contributed by atoms with van der Waals surface area (Å²) in [6, 6.07) is 17.2. The summed E-state index contributed by atoms with van der Waals surface area (Å²) >= 11 is 0. The van der Waals surface area contributed by atoms with E-state index in [0.29, 0.717) is 6.42 Å². The maximum Gasteiger partial charge on any atom is 0.155 e. The predicted molar refractivity (Wildman–Crippen MR) is 85.3 cm³/mol. The minimum Gasteiger partial charge on any atom is -0.508 e. The molecule has 2 heteroatoms. The Morgan fingerprint density at radius 3 is 2.29 bits per heavy atom. The molecule has 0 amide bonds. The lowest BCUT2D eigenvalue weighted by Gasteiger charge is -1.99. The Bertz CT molecular complexity index is 583. The van der Waals surface area contributed by atoms with E-state index in [0.717, 1.165) is 24.8 Å². The number of aromatic hydroxyl groups is 1. The highest BCUT2D eigenvalue weighted by Gasteiger charge is 1.98. The van der Waals surface area contributed by atoms with Crippen LogP contribution in [0.15, 0.2) is 66.7 Å². The monoisotopic (exact) mass is 280 g/mol. The van der Waals surface area contributed by atoms with Crippen molar-refractivity contribution in [2.75, 3.05) is 0 Å². The molecule has 0 radical (unpaired) electrons. The van der Waals surface area contributed by atoms with E-state index in [1.54, 1.807) is 18.2 Å². The second-order valence-corrected chi connectivity index (χ2v) is 5.06. The van der Waals surface area contributed by atoms with E-state index in [2.05, 4.69) is 0 Å². The molecule has 2 rings (SSSR count). The van der Waals surface area contributed by atoms with Gasteiger partial charge >= 0.3 is 0 Å². The van der Waals surface area contributed by atoms with E-state index in [1.165, 1.54) is 5.56 Å². The van der Waals surface area contributed by atoms with Gasteiger partial charge in [0, 0.05) is 6.42 Å². The van der Waals surface area contributed by atoms with E-state index in [4.69, 9.17) is 0 Å². The van der Waals surface area contributed by atoms with Gasteiger partial charge in [-0.25, -0.2) is 0 Å². The average Bonchev–Trinajstić information content (AvgIpc) is 2.52. The highest BCUT2D eigenvalue weighted by Crippen LogP contribution is 2.11. The second-order valence-electron chi connectivity index (χ2n) is 5.06. The first-order valence-corrected chi connectivity index (χ1v) is 7.25. The number of allylic oxidation sites excluding steroid dienone is 2. The average molecular weight is 280 g/mol. The van der Waals surface area contributed by atoms with Crippen LogP contribution in [-0.4, -0.2) is 10.9 Å². The second kappa shape index (κ2) is 8.05. The molecule has 0 bridgehead atoms. The number of benzene rings is 2. The van der Waals surface area contributed by atoms with Gasteiger partial charge in [0.05, 0.1) is 0 Å². The molecule has 21 heavy (non-hydrogen) atoms. The molecule has 0 aliphatic heterocycles. The first-order chi connectivity index (χ1) is 10.2. The molecule has 0 aliphatic carbocycles. The third kappa shape index (κ3) is 5.65. The molecule has 108 valence electrons. The zero-order chi connectivity index (χ0) is 14.9. The van der Waals surface area contributed by atoms with Crippen LogP contribution in [-0.2, 0) is 17.6 Å². The molecule has 0 aliphatic rings. The van der Waals surface area contributed by atoms with Gasteiger partial charge in [-0.1, -0.05) is 48.5 Å². The number of hydrogen-bond acceptors (Lipinski definition) is 2. The van der Waals surface area contributed by atoms with Crippen LogP contribution in [0.3, 0.4) is 0 Å². The zero-order valence-corrected chi connectivity index (χ0v) is 12.0. The smallest absolute Gasteiger partial charge is 0.155 e. The largest absolute Gasteiger partial charge is 0.508 e. The number of rotatable bonds is 7. The normalized spacial score (nSPS) is 10.9. The molecule has 0 fully saturated rings. The molecule has 0 spiro atoms. The van der Waals surface area contributed by atoms with E-state index in [1.807, 2.05) is 48.5 Å². The molecular weight excluding hydrogens is 260 g/mol. The lowest BCUT2D eigenvalue weighted by molar-refractivity contribution is -0.114. The molecule has 2 nitrogen and oxygen atoms in total. The molecular formula is C19H20O2. The highest BCUT2D eigenvalue weighted by molar-refractivity contribution is 5.89. The number of phenolic OH excluding ortho intramolecular Hbond substituents is 1.